The standard InChI is InChI=1S/C9H10F2N2O2/c1-6-2-3-7(13(14)15)4-8(6)12-5-9(10)11/h2-4,9,12H,5H2,1H3. The third-order valence-electron chi connectivity index (χ3n) is 1.88. The van der Waals surface area contributed by atoms with E-state index in [2.05, 4.69) is 5.32 Å². The number of benzene rings is 1. The third kappa shape index (κ3) is 3.16. The molecule has 4 nitrogen and oxygen atoms in total. The minimum atomic E-state index is -2.48. The molecule has 0 fully saturated rings. The number of halogens is 2. The Morgan fingerprint density at radius 3 is 2.73 bits per heavy atom. The van der Waals surface area contributed by atoms with Crippen LogP contribution in [0.1, 0.15) is 5.56 Å². The van der Waals surface area contributed by atoms with Crippen LogP contribution in [0.15, 0.2) is 18.2 Å². The number of alkyl halides is 2. The molecule has 0 bridgehead atoms. The Hall–Kier alpha value is -1.72. The summed E-state index contributed by atoms with van der Waals surface area (Å²) >= 11 is 0. The number of non-ortho nitro benzene ring substituents is 1. The number of hydrogen-bond donors (Lipinski definition) is 1. The first-order chi connectivity index (χ1) is 7.00. The maximum Gasteiger partial charge on any atom is 0.271 e. The molecular weight excluding hydrogens is 206 g/mol. The molecule has 15 heavy (non-hydrogen) atoms. The van der Waals surface area contributed by atoms with Gasteiger partial charge in [0.25, 0.3) is 12.1 Å². The molecule has 0 atom stereocenters. The van der Waals surface area contributed by atoms with Crippen molar-refractivity contribution in [2.45, 2.75) is 13.3 Å². The first-order valence-electron chi connectivity index (χ1n) is 4.28. The zero-order valence-corrected chi connectivity index (χ0v) is 8.04. The topological polar surface area (TPSA) is 55.2 Å². The fourth-order valence-corrected chi connectivity index (χ4v) is 1.10. The van der Waals surface area contributed by atoms with E-state index in [0.29, 0.717) is 11.3 Å². The van der Waals surface area contributed by atoms with Crippen molar-refractivity contribution in [3.63, 3.8) is 0 Å². The van der Waals surface area contributed by atoms with Gasteiger partial charge in [-0.1, -0.05) is 6.07 Å². The average molecular weight is 216 g/mol. The molecule has 0 heterocycles. The summed E-state index contributed by atoms with van der Waals surface area (Å²) in [5.41, 5.74) is 0.947. The van der Waals surface area contributed by atoms with E-state index in [1.54, 1.807) is 6.92 Å². The van der Waals surface area contributed by atoms with Crippen LogP contribution in [0, 0.1) is 17.0 Å². The molecule has 0 aliphatic heterocycles. The monoisotopic (exact) mass is 216 g/mol. The van der Waals surface area contributed by atoms with Crippen molar-refractivity contribution in [2.75, 3.05) is 11.9 Å². The minimum Gasteiger partial charge on any atom is -0.379 e. The zero-order chi connectivity index (χ0) is 11.4. The van der Waals surface area contributed by atoms with Crippen molar-refractivity contribution in [3.8, 4) is 0 Å². The van der Waals surface area contributed by atoms with Crippen LogP contribution in [0.25, 0.3) is 0 Å². The summed E-state index contributed by atoms with van der Waals surface area (Å²) < 4.78 is 23.8. The molecule has 0 aliphatic carbocycles. The first kappa shape index (κ1) is 11.4. The van der Waals surface area contributed by atoms with Crippen LogP contribution in [0.2, 0.25) is 0 Å². The number of rotatable bonds is 4. The third-order valence-corrected chi connectivity index (χ3v) is 1.88. The van der Waals surface area contributed by atoms with Crippen molar-refractivity contribution < 1.29 is 13.7 Å². The molecular formula is C9H10F2N2O2. The number of nitro benzene ring substituents is 1. The fraction of sp³-hybridized carbons (Fsp3) is 0.333. The molecule has 1 rings (SSSR count). The summed E-state index contributed by atoms with van der Waals surface area (Å²) in [5.74, 6) is 0. The van der Waals surface area contributed by atoms with Crippen LogP contribution in [-0.2, 0) is 0 Å². The molecule has 0 aliphatic rings. The van der Waals surface area contributed by atoms with Crippen LogP contribution < -0.4 is 5.32 Å². The molecule has 0 saturated heterocycles. The average Bonchev–Trinajstić information content (AvgIpc) is 2.16. The molecule has 0 aromatic heterocycles. The molecule has 0 spiro atoms. The molecule has 1 aromatic rings. The molecule has 0 unspecified atom stereocenters. The van der Waals surface area contributed by atoms with Crippen LogP contribution in [-0.4, -0.2) is 17.9 Å². The Morgan fingerprint density at radius 2 is 2.20 bits per heavy atom. The van der Waals surface area contributed by atoms with Gasteiger partial charge in [0.1, 0.15) is 0 Å². The molecule has 0 radical (unpaired) electrons. The molecule has 6 heteroatoms. The molecule has 1 aromatic carbocycles. The van der Waals surface area contributed by atoms with Gasteiger partial charge in [-0.05, 0) is 12.5 Å². The van der Waals surface area contributed by atoms with E-state index < -0.39 is 17.9 Å². The summed E-state index contributed by atoms with van der Waals surface area (Å²) in [7, 11) is 0. The zero-order valence-electron chi connectivity index (χ0n) is 8.04. The Kier molecular flexibility index (Phi) is 3.54. The van der Waals surface area contributed by atoms with Gasteiger partial charge in [-0.2, -0.15) is 0 Å². The maximum absolute atomic E-state index is 11.9. The fourth-order valence-electron chi connectivity index (χ4n) is 1.10. The highest BCUT2D eigenvalue weighted by Gasteiger charge is 2.09. The molecule has 1 N–H and O–H groups in total. The Labute approximate surface area is 85.1 Å². The van der Waals surface area contributed by atoms with E-state index in [4.69, 9.17) is 0 Å². The van der Waals surface area contributed by atoms with Crippen LogP contribution >= 0.6 is 0 Å². The van der Waals surface area contributed by atoms with E-state index in [-0.39, 0.29) is 5.69 Å². The van der Waals surface area contributed by atoms with Crippen molar-refractivity contribution in [2.24, 2.45) is 0 Å². The van der Waals surface area contributed by atoms with Crippen LogP contribution in [0.3, 0.4) is 0 Å². The van der Waals surface area contributed by atoms with Gasteiger partial charge >= 0.3 is 0 Å². The highest BCUT2D eigenvalue weighted by atomic mass is 19.3. The van der Waals surface area contributed by atoms with Gasteiger partial charge in [-0.3, -0.25) is 10.1 Å². The predicted molar refractivity (Wildman–Crippen MR) is 52.3 cm³/mol. The van der Waals surface area contributed by atoms with Crippen LogP contribution in [0.5, 0.6) is 0 Å². The van der Waals surface area contributed by atoms with Crippen molar-refractivity contribution >= 4 is 11.4 Å². The lowest BCUT2D eigenvalue weighted by molar-refractivity contribution is -0.384. The largest absolute Gasteiger partial charge is 0.379 e. The maximum atomic E-state index is 11.9. The molecule has 82 valence electrons. The summed E-state index contributed by atoms with van der Waals surface area (Å²) in [6.45, 7) is 1.18. The Bertz CT molecular complexity index is 369. The summed E-state index contributed by atoms with van der Waals surface area (Å²) in [5, 5.41) is 12.9. The number of nitrogens with zero attached hydrogens (tertiary/aromatic N) is 1. The molecule has 0 saturated carbocycles. The van der Waals surface area contributed by atoms with Crippen molar-refractivity contribution in [3.05, 3.63) is 33.9 Å². The van der Waals surface area contributed by atoms with Gasteiger partial charge in [0, 0.05) is 17.8 Å². The Morgan fingerprint density at radius 1 is 1.53 bits per heavy atom. The van der Waals surface area contributed by atoms with Gasteiger partial charge in [-0.15, -0.1) is 0 Å². The summed E-state index contributed by atoms with van der Waals surface area (Å²) in [6.07, 6.45) is -2.48. The van der Waals surface area contributed by atoms with E-state index in [1.165, 1.54) is 18.2 Å². The summed E-state index contributed by atoms with van der Waals surface area (Å²) in [4.78, 5) is 9.87. The lowest BCUT2D eigenvalue weighted by atomic mass is 10.2. The highest BCUT2D eigenvalue weighted by Crippen LogP contribution is 2.21. The SMILES string of the molecule is Cc1ccc([N+](=O)[O-])cc1NCC(F)F. The number of nitrogens with one attached hydrogen (secondary N) is 1. The quantitative estimate of drug-likeness (QED) is 0.621. The number of hydrogen-bond acceptors (Lipinski definition) is 3. The van der Waals surface area contributed by atoms with Crippen molar-refractivity contribution in [1.29, 1.82) is 0 Å². The van der Waals surface area contributed by atoms with E-state index in [9.17, 15) is 18.9 Å². The number of nitro groups is 1. The lowest BCUT2D eigenvalue weighted by Gasteiger charge is -2.08. The van der Waals surface area contributed by atoms with Gasteiger partial charge < -0.3 is 5.32 Å². The second-order valence-electron chi connectivity index (χ2n) is 3.03. The first-order valence-corrected chi connectivity index (χ1v) is 4.28. The van der Waals surface area contributed by atoms with Gasteiger partial charge in [0.15, 0.2) is 0 Å². The van der Waals surface area contributed by atoms with E-state index in [0.717, 1.165) is 0 Å². The molecule has 0 amide bonds. The van der Waals surface area contributed by atoms with Gasteiger partial charge in [0.2, 0.25) is 0 Å². The normalized spacial score (nSPS) is 10.4. The van der Waals surface area contributed by atoms with E-state index >= 15 is 0 Å². The number of aryl methyl sites for hydroxylation is 1. The number of anilines is 1. The van der Waals surface area contributed by atoms with Crippen molar-refractivity contribution in [1.82, 2.24) is 0 Å². The second-order valence-corrected chi connectivity index (χ2v) is 3.03. The van der Waals surface area contributed by atoms with Gasteiger partial charge in [0.05, 0.1) is 11.5 Å². The Balaban J connectivity index is 2.85. The highest BCUT2D eigenvalue weighted by molar-refractivity contribution is 5.56. The predicted octanol–water partition coefficient (Wildman–Crippen LogP) is 2.58. The van der Waals surface area contributed by atoms with Gasteiger partial charge in [-0.25, -0.2) is 8.78 Å². The summed E-state index contributed by atoms with van der Waals surface area (Å²) in [6, 6.07) is 4.10. The minimum absolute atomic E-state index is 0.114. The van der Waals surface area contributed by atoms with Crippen LogP contribution in [0.4, 0.5) is 20.2 Å². The lowest BCUT2D eigenvalue weighted by Crippen LogP contribution is -2.11. The van der Waals surface area contributed by atoms with E-state index in [1.807, 2.05) is 0 Å². The second kappa shape index (κ2) is 4.68. The smallest absolute Gasteiger partial charge is 0.271 e.